The summed E-state index contributed by atoms with van der Waals surface area (Å²) >= 11 is 0. The number of rotatable bonds is 16. The van der Waals surface area contributed by atoms with Gasteiger partial charge >= 0.3 is 23.9 Å². The lowest BCUT2D eigenvalue weighted by atomic mass is 10.1. The van der Waals surface area contributed by atoms with Crippen molar-refractivity contribution in [1.82, 2.24) is 5.32 Å². The van der Waals surface area contributed by atoms with E-state index >= 15 is 0 Å². The molecule has 0 radical (unpaired) electrons. The van der Waals surface area contributed by atoms with Crippen molar-refractivity contribution in [2.45, 2.75) is 31.5 Å². The molecule has 4 rings (SSSR count). The van der Waals surface area contributed by atoms with Crippen molar-refractivity contribution >= 4 is 23.9 Å². The summed E-state index contributed by atoms with van der Waals surface area (Å²) in [5.74, 6) is -4.95. The van der Waals surface area contributed by atoms with Crippen LogP contribution in [-0.2, 0) is 41.7 Å². The van der Waals surface area contributed by atoms with E-state index in [-0.39, 0.29) is 30.9 Å². The Labute approximate surface area is 260 Å². The van der Waals surface area contributed by atoms with Crippen LogP contribution in [0.25, 0.3) is 0 Å². The summed E-state index contributed by atoms with van der Waals surface area (Å²) in [5.41, 5.74) is 1.98. The zero-order chi connectivity index (χ0) is 31.9. The molecule has 2 N–H and O–H groups in total. The van der Waals surface area contributed by atoms with Gasteiger partial charge in [0, 0.05) is 13.1 Å². The lowest BCUT2D eigenvalue weighted by Gasteiger charge is -2.26. The summed E-state index contributed by atoms with van der Waals surface area (Å²) in [6.07, 6.45) is -5.27. The molecule has 0 saturated heterocycles. The Morgan fingerprint density at radius 3 is 1.58 bits per heavy atom. The first kappa shape index (κ1) is 32.6. The Hall–Kier alpha value is -5.32. The zero-order valence-electron chi connectivity index (χ0n) is 24.3. The fourth-order valence-electron chi connectivity index (χ4n) is 4.21. The van der Waals surface area contributed by atoms with E-state index in [2.05, 4.69) is 5.32 Å². The fourth-order valence-corrected chi connectivity index (χ4v) is 4.21. The van der Waals surface area contributed by atoms with Crippen molar-refractivity contribution in [2.24, 2.45) is 0 Å². The molecule has 45 heavy (non-hydrogen) atoms. The molecule has 0 heterocycles. The molecule has 3 atom stereocenters. The average molecular weight is 612 g/mol. The van der Waals surface area contributed by atoms with Crippen LogP contribution in [0.1, 0.15) is 31.8 Å². The Morgan fingerprint density at radius 2 is 1.07 bits per heavy atom. The van der Waals surface area contributed by atoms with Gasteiger partial charge in [-0.3, -0.25) is 0 Å². The highest BCUT2D eigenvalue weighted by Crippen LogP contribution is 2.16. The van der Waals surface area contributed by atoms with Crippen molar-refractivity contribution in [1.29, 1.82) is 0 Å². The standard InChI is InChI=1S/C35H33NO9/c37-32(38)30(44-33(39)27-17-9-3-10-18-27)31(45-34(40)28-19-11-4-12-20-28)35(41)43-29(22-36-21-25-13-5-1-6-14-25)24-42-23-26-15-7-2-8-16-26/h1-20,29-31,36H,21-24H2,(H,37,38)/t29-,30-,31+/m0/s1. The van der Waals surface area contributed by atoms with Crippen molar-refractivity contribution in [2.75, 3.05) is 13.2 Å². The molecule has 10 heteroatoms. The third kappa shape index (κ3) is 10.4. The highest BCUT2D eigenvalue weighted by atomic mass is 16.6. The fraction of sp³-hybridized carbons (Fsp3) is 0.200. The number of carboxylic acid groups (broad SMARTS) is 1. The molecule has 4 aromatic carbocycles. The third-order valence-corrected chi connectivity index (χ3v) is 6.48. The van der Waals surface area contributed by atoms with Gasteiger partial charge in [-0.2, -0.15) is 0 Å². The minimum Gasteiger partial charge on any atom is -0.478 e. The summed E-state index contributed by atoms with van der Waals surface area (Å²) in [7, 11) is 0. The Balaban J connectivity index is 1.53. The number of hydrogen-bond donors (Lipinski definition) is 2. The van der Waals surface area contributed by atoms with Crippen LogP contribution in [0.15, 0.2) is 121 Å². The van der Waals surface area contributed by atoms with E-state index in [1.807, 2.05) is 60.7 Å². The van der Waals surface area contributed by atoms with Gasteiger partial charge < -0.3 is 29.4 Å². The van der Waals surface area contributed by atoms with Gasteiger partial charge in [-0.15, -0.1) is 0 Å². The van der Waals surface area contributed by atoms with Crippen LogP contribution < -0.4 is 5.32 Å². The van der Waals surface area contributed by atoms with Crippen LogP contribution in [0.5, 0.6) is 0 Å². The lowest BCUT2D eigenvalue weighted by molar-refractivity contribution is -0.176. The molecule has 4 aromatic rings. The Bertz CT molecular complexity index is 1470. The number of carbonyl (C=O) groups is 4. The first-order valence-electron chi connectivity index (χ1n) is 14.2. The number of carbonyl (C=O) groups excluding carboxylic acids is 3. The van der Waals surface area contributed by atoms with Crippen molar-refractivity contribution in [3.8, 4) is 0 Å². The van der Waals surface area contributed by atoms with E-state index in [0.29, 0.717) is 6.54 Å². The SMILES string of the molecule is O=C(O[C@H](C(=O)O)[C@@H](OC(=O)c1ccccc1)C(=O)O[C@@H](CNCc1ccccc1)COCc1ccccc1)c1ccccc1. The molecular formula is C35H33NO9. The monoisotopic (exact) mass is 611 g/mol. The number of carboxylic acids is 1. The number of esters is 3. The first-order chi connectivity index (χ1) is 21.9. The molecule has 10 nitrogen and oxygen atoms in total. The van der Waals surface area contributed by atoms with Crippen LogP contribution in [0.2, 0.25) is 0 Å². The number of benzene rings is 4. The summed E-state index contributed by atoms with van der Waals surface area (Å²) in [6, 6.07) is 34.2. The van der Waals surface area contributed by atoms with Gasteiger partial charge in [0.1, 0.15) is 6.10 Å². The smallest absolute Gasteiger partial charge is 0.352 e. The molecule has 0 amide bonds. The largest absolute Gasteiger partial charge is 0.478 e. The van der Waals surface area contributed by atoms with E-state index in [1.165, 1.54) is 24.3 Å². The van der Waals surface area contributed by atoms with Crippen LogP contribution in [0.3, 0.4) is 0 Å². The number of aliphatic carboxylic acids is 1. The Morgan fingerprint density at radius 1 is 0.600 bits per heavy atom. The van der Waals surface area contributed by atoms with E-state index in [4.69, 9.17) is 18.9 Å². The second-order valence-electron chi connectivity index (χ2n) is 9.90. The van der Waals surface area contributed by atoms with Gasteiger partial charge in [0.15, 0.2) is 0 Å². The molecule has 0 aliphatic rings. The van der Waals surface area contributed by atoms with Crippen LogP contribution in [-0.4, -0.2) is 60.4 Å². The number of nitrogens with one attached hydrogen (secondary N) is 1. The highest BCUT2D eigenvalue weighted by Gasteiger charge is 2.43. The van der Waals surface area contributed by atoms with Gasteiger partial charge in [-0.1, -0.05) is 97.1 Å². The van der Waals surface area contributed by atoms with Crippen LogP contribution in [0.4, 0.5) is 0 Å². The predicted octanol–water partition coefficient (Wildman–Crippen LogP) is 4.44. The summed E-state index contributed by atoms with van der Waals surface area (Å²) < 4.78 is 22.1. The number of hydrogen-bond acceptors (Lipinski definition) is 9. The minimum absolute atomic E-state index is 0.0440. The maximum Gasteiger partial charge on any atom is 0.352 e. The summed E-state index contributed by atoms with van der Waals surface area (Å²) in [5, 5.41) is 13.2. The first-order valence-corrected chi connectivity index (χ1v) is 14.2. The minimum atomic E-state index is -2.21. The van der Waals surface area contributed by atoms with Crippen molar-refractivity contribution in [3.63, 3.8) is 0 Å². The maximum absolute atomic E-state index is 13.6. The normalized spacial score (nSPS) is 12.7. The molecule has 0 aromatic heterocycles. The van der Waals surface area contributed by atoms with E-state index in [9.17, 15) is 24.3 Å². The van der Waals surface area contributed by atoms with Gasteiger partial charge in [-0.25, -0.2) is 19.2 Å². The predicted molar refractivity (Wildman–Crippen MR) is 163 cm³/mol. The molecular weight excluding hydrogens is 578 g/mol. The molecule has 0 unspecified atom stereocenters. The van der Waals surface area contributed by atoms with E-state index in [1.54, 1.807) is 36.4 Å². The molecule has 0 spiro atoms. The van der Waals surface area contributed by atoms with Gasteiger partial charge in [0.25, 0.3) is 0 Å². The second kappa shape index (κ2) is 17.1. The highest BCUT2D eigenvalue weighted by molar-refractivity contribution is 5.95. The summed E-state index contributed by atoms with van der Waals surface area (Å²) in [6.45, 7) is 0.735. The van der Waals surface area contributed by atoms with Crippen molar-refractivity contribution in [3.05, 3.63) is 144 Å². The molecule has 0 aliphatic carbocycles. The topological polar surface area (TPSA) is 137 Å². The quantitative estimate of drug-likeness (QED) is 0.138. The zero-order valence-corrected chi connectivity index (χ0v) is 24.3. The van der Waals surface area contributed by atoms with Gasteiger partial charge in [0.2, 0.25) is 12.2 Å². The van der Waals surface area contributed by atoms with Gasteiger partial charge in [-0.05, 0) is 35.4 Å². The van der Waals surface area contributed by atoms with E-state index < -0.39 is 42.2 Å². The number of ether oxygens (including phenoxy) is 4. The third-order valence-electron chi connectivity index (χ3n) is 6.48. The maximum atomic E-state index is 13.6. The molecule has 0 saturated carbocycles. The molecule has 0 aliphatic heterocycles. The lowest BCUT2D eigenvalue weighted by Crippen LogP contribution is -2.48. The summed E-state index contributed by atoms with van der Waals surface area (Å²) in [4.78, 5) is 51.8. The van der Waals surface area contributed by atoms with Crippen LogP contribution in [0, 0.1) is 0 Å². The molecule has 0 fully saturated rings. The Kier molecular flexibility index (Phi) is 12.4. The second-order valence-corrected chi connectivity index (χ2v) is 9.90. The average Bonchev–Trinajstić information content (AvgIpc) is 3.07. The molecule has 0 bridgehead atoms. The van der Waals surface area contributed by atoms with Crippen LogP contribution >= 0.6 is 0 Å². The van der Waals surface area contributed by atoms with Crippen molar-refractivity contribution < 1.29 is 43.2 Å². The van der Waals surface area contributed by atoms with Gasteiger partial charge in [0.05, 0.1) is 24.3 Å². The molecule has 232 valence electrons. The van der Waals surface area contributed by atoms with E-state index in [0.717, 1.165) is 11.1 Å².